The number of hydrogen-bond acceptors (Lipinski definition) is 3. The fraction of sp³-hybridized carbons (Fsp3) is 0.222. The zero-order valence-corrected chi connectivity index (χ0v) is 13.6. The number of halogens is 3. The number of H-pyrrole nitrogens is 1. The molecule has 1 aromatic heterocycles. The van der Waals surface area contributed by atoms with E-state index in [0.717, 1.165) is 29.0 Å². The molecule has 0 spiro atoms. The molecule has 2 N–H and O–H groups in total. The van der Waals surface area contributed by atoms with Crippen LogP contribution >= 0.6 is 0 Å². The van der Waals surface area contributed by atoms with Crippen LogP contribution in [0.5, 0.6) is 5.75 Å². The van der Waals surface area contributed by atoms with E-state index < -0.39 is 6.36 Å². The Bertz CT molecular complexity index is 856. The summed E-state index contributed by atoms with van der Waals surface area (Å²) in [5, 5.41) is 2.73. The average molecular weight is 363 g/mol. The van der Waals surface area contributed by atoms with Gasteiger partial charge in [-0.1, -0.05) is 12.1 Å². The van der Waals surface area contributed by atoms with Crippen molar-refractivity contribution >= 4 is 16.9 Å². The lowest BCUT2D eigenvalue weighted by Gasteiger charge is -2.09. The Balaban J connectivity index is 1.46. The second kappa shape index (κ2) is 7.47. The molecule has 3 rings (SSSR count). The minimum absolute atomic E-state index is 0.267. The number of nitrogens with one attached hydrogen (secondary N) is 2. The Morgan fingerprint density at radius 3 is 2.54 bits per heavy atom. The number of fused-ring (bicyclic) bond motifs is 1. The third kappa shape index (κ3) is 4.75. The van der Waals surface area contributed by atoms with Crippen LogP contribution in [0.4, 0.5) is 13.2 Å². The van der Waals surface area contributed by atoms with Crippen molar-refractivity contribution < 1.29 is 22.7 Å². The van der Waals surface area contributed by atoms with Crippen LogP contribution in [0.2, 0.25) is 0 Å². The minimum atomic E-state index is -4.75. The number of imidazole rings is 1. The molecule has 0 bridgehead atoms. The van der Waals surface area contributed by atoms with E-state index in [2.05, 4.69) is 20.0 Å². The van der Waals surface area contributed by atoms with Crippen molar-refractivity contribution in [3.63, 3.8) is 0 Å². The topological polar surface area (TPSA) is 67.0 Å². The van der Waals surface area contributed by atoms with Crippen molar-refractivity contribution in [3.8, 4) is 5.75 Å². The van der Waals surface area contributed by atoms with Crippen molar-refractivity contribution in [3.05, 3.63) is 59.9 Å². The smallest absolute Gasteiger partial charge is 0.406 e. The van der Waals surface area contributed by atoms with Crippen LogP contribution in [-0.2, 0) is 6.42 Å². The maximum Gasteiger partial charge on any atom is 0.573 e. The lowest BCUT2D eigenvalue weighted by atomic mass is 10.2. The molecule has 0 unspecified atom stereocenters. The van der Waals surface area contributed by atoms with Crippen LogP contribution in [0.1, 0.15) is 22.6 Å². The molecule has 0 aliphatic rings. The Hall–Kier alpha value is -3.03. The largest absolute Gasteiger partial charge is 0.573 e. The molecule has 1 amide bonds. The highest BCUT2D eigenvalue weighted by atomic mass is 19.4. The van der Waals surface area contributed by atoms with E-state index in [1.807, 2.05) is 24.3 Å². The summed E-state index contributed by atoms with van der Waals surface area (Å²) in [6.45, 7) is 0.427. The van der Waals surface area contributed by atoms with Crippen LogP contribution in [0.15, 0.2) is 48.5 Å². The maximum absolute atomic E-state index is 12.1. The molecular formula is C18H16F3N3O2. The summed E-state index contributed by atoms with van der Waals surface area (Å²) < 4.78 is 40.1. The number of hydrogen-bond donors (Lipinski definition) is 2. The zero-order chi connectivity index (χ0) is 18.6. The first-order valence-corrected chi connectivity index (χ1v) is 7.98. The van der Waals surface area contributed by atoms with Gasteiger partial charge >= 0.3 is 6.36 Å². The Labute approximate surface area is 147 Å². The number of nitrogens with zero attached hydrogens (tertiary/aromatic N) is 1. The van der Waals surface area contributed by atoms with Crippen LogP contribution in [0, 0.1) is 0 Å². The lowest BCUT2D eigenvalue weighted by molar-refractivity contribution is -0.274. The maximum atomic E-state index is 12.1. The van der Waals surface area contributed by atoms with Gasteiger partial charge in [0.2, 0.25) is 0 Å². The molecule has 136 valence electrons. The monoisotopic (exact) mass is 363 g/mol. The third-order valence-electron chi connectivity index (χ3n) is 3.66. The summed E-state index contributed by atoms with van der Waals surface area (Å²) in [6, 6.07) is 12.5. The van der Waals surface area contributed by atoms with Gasteiger partial charge in [0.05, 0.1) is 11.0 Å². The van der Waals surface area contributed by atoms with E-state index in [1.54, 1.807) is 0 Å². The van der Waals surface area contributed by atoms with Crippen molar-refractivity contribution in [1.29, 1.82) is 0 Å². The molecule has 0 radical (unpaired) electrons. The van der Waals surface area contributed by atoms with Crippen LogP contribution in [0.25, 0.3) is 11.0 Å². The molecule has 0 fully saturated rings. The molecular weight excluding hydrogens is 347 g/mol. The Kier molecular flexibility index (Phi) is 5.11. The Morgan fingerprint density at radius 1 is 1.12 bits per heavy atom. The molecule has 0 aliphatic carbocycles. The first-order chi connectivity index (χ1) is 12.4. The van der Waals surface area contributed by atoms with Crippen LogP contribution in [0.3, 0.4) is 0 Å². The van der Waals surface area contributed by atoms with Crippen LogP contribution < -0.4 is 10.1 Å². The van der Waals surface area contributed by atoms with Crippen LogP contribution in [-0.4, -0.2) is 28.8 Å². The summed E-state index contributed by atoms with van der Waals surface area (Å²) in [4.78, 5) is 19.7. The number of benzene rings is 2. The van der Waals surface area contributed by atoms with Crippen molar-refractivity contribution in [2.24, 2.45) is 0 Å². The number of amides is 1. The average Bonchev–Trinajstić information content (AvgIpc) is 3.00. The highest BCUT2D eigenvalue weighted by Gasteiger charge is 2.31. The van der Waals surface area contributed by atoms with Crippen molar-refractivity contribution in [2.75, 3.05) is 6.54 Å². The van der Waals surface area contributed by atoms with E-state index in [0.29, 0.717) is 19.4 Å². The number of aromatic amines is 1. The number of aromatic nitrogens is 2. The molecule has 3 aromatic rings. The van der Waals surface area contributed by atoms with Gasteiger partial charge in [-0.2, -0.15) is 0 Å². The van der Waals surface area contributed by atoms with Gasteiger partial charge in [0.15, 0.2) is 0 Å². The number of rotatable bonds is 6. The summed E-state index contributed by atoms with van der Waals surface area (Å²) in [5.41, 5.74) is 2.13. The van der Waals surface area contributed by atoms with Gasteiger partial charge in [-0.05, 0) is 42.8 Å². The summed E-state index contributed by atoms with van der Waals surface area (Å²) in [5.74, 6) is 0.126. The second-order valence-corrected chi connectivity index (χ2v) is 5.63. The summed E-state index contributed by atoms with van der Waals surface area (Å²) in [6.07, 6.45) is -3.39. The van der Waals surface area contributed by atoms with Crippen molar-refractivity contribution in [1.82, 2.24) is 15.3 Å². The number of ether oxygens (including phenoxy) is 1. The number of carbonyl (C=O) groups is 1. The molecule has 2 aromatic carbocycles. The van der Waals surface area contributed by atoms with Gasteiger partial charge < -0.3 is 15.0 Å². The minimum Gasteiger partial charge on any atom is -0.406 e. The molecule has 1 heterocycles. The first kappa shape index (κ1) is 17.8. The lowest BCUT2D eigenvalue weighted by Crippen LogP contribution is -2.24. The van der Waals surface area contributed by atoms with E-state index in [4.69, 9.17) is 0 Å². The van der Waals surface area contributed by atoms with Gasteiger partial charge in [0.1, 0.15) is 11.6 Å². The summed E-state index contributed by atoms with van der Waals surface area (Å²) >= 11 is 0. The van der Waals surface area contributed by atoms with Gasteiger partial charge in [0.25, 0.3) is 5.91 Å². The van der Waals surface area contributed by atoms with Gasteiger partial charge in [-0.3, -0.25) is 4.79 Å². The Morgan fingerprint density at radius 2 is 1.85 bits per heavy atom. The van der Waals surface area contributed by atoms with E-state index in [9.17, 15) is 18.0 Å². The highest BCUT2D eigenvalue weighted by Crippen LogP contribution is 2.22. The van der Waals surface area contributed by atoms with Gasteiger partial charge in [-0.25, -0.2) is 4.98 Å². The predicted molar refractivity (Wildman–Crippen MR) is 89.9 cm³/mol. The zero-order valence-electron chi connectivity index (χ0n) is 13.6. The summed E-state index contributed by atoms with van der Waals surface area (Å²) in [7, 11) is 0. The van der Waals surface area contributed by atoms with Gasteiger partial charge in [0, 0.05) is 18.5 Å². The fourth-order valence-corrected chi connectivity index (χ4v) is 2.49. The molecule has 0 saturated carbocycles. The predicted octanol–water partition coefficient (Wildman–Crippen LogP) is 3.82. The fourth-order valence-electron chi connectivity index (χ4n) is 2.49. The number of para-hydroxylation sites is 2. The van der Waals surface area contributed by atoms with Gasteiger partial charge in [-0.15, -0.1) is 13.2 Å². The second-order valence-electron chi connectivity index (χ2n) is 5.63. The number of carbonyl (C=O) groups excluding carboxylic acids is 1. The molecule has 8 heteroatoms. The number of alkyl halides is 3. The van der Waals surface area contributed by atoms with Crippen molar-refractivity contribution in [2.45, 2.75) is 19.2 Å². The normalized spacial score (nSPS) is 11.5. The quantitative estimate of drug-likeness (QED) is 0.654. The molecule has 0 atom stereocenters. The number of aryl methyl sites for hydroxylation is 1. The SMILES string of the molecule is O=C(NCCCc1nc2ccccc2[nH]1)c1ccc(OC(F)(F)F)cc1. The molecule has 5 nitrogen and oxygen atoms in total. The van der Waals surface area contributed by atoms with E-state index in [1.165, 1.54) is 12.1 Å². The van der Waals surface area contributed by atoms with E-state index >= 15 is 0 Å². The first-order valence-electron chi connectivity index (χ1n) is 7.98. The third-order valence-corrected chi connectivity index (χ3v) is 3.66. The highest BCUT2D eigenvalue weighted by molar-refractivity contribution is 5.94. The molecule has 0 aliphatic heterocycles. The van der Waals surface area contributed by atoms with E-state index in [-0.39, 0.29) is 17.2 Å². The molecule has 0 saturated heterocycles. The molecule has 26 heavy (non-hydrogen) atoms. The standard InChI is InChI=1S/C18H16F3N3O2/c19-18(20,21)26-13-9-7-12(8-10-13)17(25)22-11-3-6-16-23-14-4-1-2-5-15(14)24-16/h1-2,4-5,7-10H,3,6,11H2,(H,22,25)(H,23,24).